The second kappa shape index (κ2) is 10.2. The van der Waals surface area contributed by atoms with Crippen LogP contribution in [0.15, 0.2) is 0 Å². The number of carbonyl (C=O) groups is 3. The number of aliphatic hydroxyl groups is 4. The molecule has 0 spiro atoms. The lowest BCUT2D eigenvalue weighted by atomic mass is 9.44. The second-order valence-electron chi connectivity index (χ2n) is 12.9. The molecule has 10 nitrogen and oxygen atoms in total. The molecule has 1 heterocycles. The number of esters is 1. The van der Waals surface area contributed by atoms with E-state index in [0.29, 0.717) is 18.8 Å². The van der Waals surface area contributed by atoms with E-state index in [9.17, 15) is 34.8 Å². The van der Waals surface area contributed by atoms with E-state index in [1.165, 1.54) is 0 Å². The summed E-state index contributed by atoms with van der Waals surface area (Å²) in [5.41, 5.74) is -0.575. The largest absolute Gasteiger partial charge is 0.467 e. The van der Waals surface area contributed by atoms with Crippen molar-refractivity contribution in [3.05, 3.63) is 0 Å². The highest BCUT2D eigenvalue weighted by Crippen LogP contribution is 2.66. The first kappa shape index (κ1) is 28.1. The monoisotopic (exact) mass is 538 g/mol. The van der Waals surface area contributed by atoms with E-state index >= 15 is 0 Å². The Morgan fingerprint density at radius 2 is 1.71 bits per heavy atom. The first-order valence-corrected chi connectivity index (χ1v) is 14.0. The molecule has 13 atom stereocenters. The zero-order chi connectivity index (χ0) is 27.6. The number of Topliss-reactive ketones (excluding diaryl/α,β-unsaturated/α-hetero) is 2. The van der Waals surface area contributed by atoms with Crippen LogP contribution in [0.2, 0.25) is 0 Å². The fourth-order valence-electron chi connectivity index (χ4n) is 9.14. The average molecular weight is 539 g/mol. The maximum atomic E-state index is 13.8. The van der Waals surface area contributed by atoms with Crippen LogP contribution in [0.25, 0.3) is 0 Å². The topological polar surface area (TPSA) is 160 Å². The molecule has 0 radical (unpaired) electrons. The molecule has 0 aromatic carbocycles. The number of methoxy groups -OCH3 is 1. The molecule has 5 fully saturated rings. The lowest BCUT2D eigenvalue weighted by molar-refractivity contribution is -0.293. The lowest BCUT2D eigenvalue weighted by Crippen LogP contribution is -2.60. The SMILES string of the molecule is COC(=O)[C@H]1O[C@H](OCC(=O)[C@H]2CC[C@H]3[C@@H]4CC[C@@H]5C[C@H](O)CC[C@]5(C)[C@H]4C(=O)C[C@]23C)[C@@H](O)[C@H](O)[C@H]1O. The molecule has 0 unspecified atom stereocenters. The minimum atomic E-state index is -1.72. The Labute approximate surface area is 223 Å². The molecule has 0 aromatic rings. The molecular formula is C28H42O10. The summed E-state index contributed by atoms with van der Waals surface area (Å²) in [4.78, 5) is 39.2. The van der Waals surface area contributed by atoms with Crippen LogP contribution < -0.4 is 0 Å². The third kappa shape index (κ3) is 4.36. The van der Waals surface area contributed by atoms with E-state index in [2.05, 4.69) is 18.6 Å². The van der Waals surface area contributed by atoms with E-state index < -0.39 is 48.7 Å². The fraction of sp³-hybridized carbons (Fsp3) is 0.893. The Hall–Kier alpha value is -1.43. The zero-order valence-corrected chi connectivity index (χ0v) is 22.5. The molecular weight excluding hydrogens is 496 g/mol. The minimum Gasteiger partial charge on any atom is -0.467 e. The summed E-state index contributed by atoms with van der Waals surface area (Å²) in [5, 5.41) is 40.8. The van der Waals surface area contributed by atoms with Crippen LogP contribution in [0, 0.1) is 40.4 Å². The zero-order valence-electron chi connectivity index (χ0n) is 22.5. The number of hydrogen-bond acceptors (Lipinski definition) is 10. The highest BCUT2D eigenvalue weighted by molar-refractivity contribution is 5.88. The average Bonchev–Trinajstić information content (AvgIpc) is 3.23. The smallest absolute Gasteiger partial charge is 0.337 e. The van der Waals surface area contributed by atoms with Crippen LogP contribution in [0.3, 0.4) is 0 Å². The van der Waals surface area contributed by atoms with Crippen molar-refractivity contribution in [1.29, 1.82) is 0 Å². The van der Waals surface area contributed by atoms with E-state index in [-0.39, 0.29) is 46.8 Å². The van der Waals surface area contributed by atoms with Crippen molar-refractivity contribution < 1.29 is 49.0 Å². The van der Waals surface area contributed by atoms with Gasteiger partial charge in [0.25, 0.3) is 0 Å². The highest BCUT2D eigenvalue weighted by Gasteiger charge is 2.64. The summed E-state index contributed by atoms with van der Waals surface area (Å²) < 4.78 is 15.5. The predicted molar refractivity (Wildman–Crippen MR) is 131 cm³/mol. The van der Waals surface area contributed by atoms with Gasteiger partial charge in [0, 0.05) is 18.3 Å². The van der Waals surface area contributed by atoms with Crippen molar-refractivity contribution >= 4 is 17.5 Å². The Bertz CT molecular complexity index is 954. The van der Waals surface area contributed by atoms with Gasteiger partial charge < -0.3 is 34.6 Å². The number of rotatable bonds is 5. The van der Waals surface area contributed by atoms with Crippen LogP contribution in [-0.4, -0.2) is 88.5 Å². The molecule has 214 valence electrons. The maximum Gasteiger partial charge on any atom is 0.337 e. The second-order valence-corrected chi connectivity index (χ2v) is 12.9. The highest BCUT2D eigenvalue weighted by atomic mass is 16.7. The molecule has 10 heteroatoms. The van der Waals surface area contributed by atoms with Crippen molar-refractivity contribution in [1.82, 2.24) is 0 Å². The maximum absolute atomic E-state index is 13.8. The van der Waals surface area contributed by atoms with Gasteiger partial charge in [0.15, 0.2) is 18.2 Å². The minimum absolute atomic E-state index is 0.0223. The van der Waals surface area contributed by atoms with E-state index in [1.54, 1.807) is 0 Å². The molecule has 38 heavy (non-hydrogen) atoms. The first-order chi connectivity index (χ1) is 17.9. The van der Waals surface area contributed by atoms with Gasteiger partial charge in [-0.2, -0.15) is 0 Å². The van der Waals surface area contributed by atoms with Gasteiger partial charge >= 0.3 is 5.97 Å². The number of fused-ring (bicyclic) bond motifs is 5. The summed E-state index contributed by atoms with van der Waals surface area (Å²) in [6.45, 7) is 3.89. The number of ether oxygens (including phenoxy) is 3. The van der Waals surface area contributed by atoms with Crippen LogP contribution >= 0.6 is 0 Å². The normalized spacial score (nSPS) is 50.5. The summed E-state index contributed by atoms with van der Waals surface area (Å²) in [7, 11) is 1.10. The number of aliphatic hydroxyl groups excluding tert-OH is 4. The van der Waals surface area contributed by atoms with Gasteiger partial charge in [-0.1, -0.05) is 13.8 Å². The molecule has 0 bridgehead atoms. The molecule has 4 N–H and O–H groups in total. The summed E-state index contributed by atoms with van der Waals surface area (Å²) in [5.74, 6) is -0.457. The third-order valence-electron chi connectivity index (χ3n) is 11.1. The van der Waals surface area contributed by atoms with Crippen molar-refractivity contribution in [3.8, 4) is 0 Å². The molecule has 4 saturated carbocycles. The van der Waals surface area contributed by atoms with Gasteiger partial charge in [-0.15, -0.1) is 0 Å². The quantitative estimate of drug-likeness (QED) is 0.368. The fourth-order valence-corrected chi connectivity index (χ4v) is 9.14. The Kier molecular flexibility index (Phi) is 7.54. The van der Waals surface area contributed by atoms with Crippen molar-refractivity contribution in [2.45, 2.75) is 102 Å². The molecule has 5 rings (SSSR count). The molecule has 4 aliphatic carbocycles. The predicted octanol–water partition coefficient (Wildman–Crippen LogP) is 0.752. The number of ketones is 2. The Balaban J connectivity index is 1.27. The van der Waals surface area contributed by atoms with Crippen LogP contribution in [0.5, 0.6) is 0 Å². The summed E-state index contributed by atoms with van der Waals surface area (Å²) >= 11 is 0. The molecule has 0 amide bonds. The van der Waals surface area contributed by atoms with E-state index in [1.807, 2.05) is 0 Å². The third-order valence-corrected chi connectivity index (χ3v) is 11.1. The van der Waals surface area contributed by atoms with Gasteiger partial charge in [-0.05, 0) is 73.5 Å². The number of hydrogen-bond donors (Lipinski definition) is 4. The van der Waals surface area contributed by atoms with Crippen molar-refractivity contribution in [2.75, 3.05) is 13.7 Å². The first-order valence-electron chi connectivity index (χ1n) is 14.0. The molecule has 1 aliphatic heterocycles. The van der Waals surface area contributed by atoms with E-state index in [0.717, 1.165) is 45.6 Å². The summed E-state index contributed by atoms with van der Waals surface area (Å²) in [6, 6.07) is 0. The van der Waals surface area contributed by atoms with Gasteiger partial charge in [-0.3, -0.25) is 9.59 Å². The lowest BCUT2D eigenvalue weighted by Gasteiger charge is -2.59. The van der Waals surface area contributed by atoms with Crippen LogP contribution in [-0.2, 0) is 28.6 Å². The summed E-state index contributed by atoms with van der Waals surface area (Å²) in [6.07, 6.45) is -2.24. The van der Waals surface area contributed by atoms with Crippen LogP contribution in [0.4, 0.5) is 0 Å². The van der Waals surface area contributed by atoms with E-state index in [4.69, 9.17) is 9.47 Å². The van der Waals surface area contributed by atoms with Gasteiger partial charge in [0.1, 0.15) is 30.7 Å². The van der Waals surface area contributed by atoms with Crippen molar-refractivity contribution in [3.63, 3.8) is 0 Å². The molecule has 0 aromatic heterocycles. The molecule has 5 aliphatic rings. The van der Waals surface area contributed by atoms with Gasteiger partial charge in [0.05, 0.1) is 13.2 Å². The van der Waals surface area contributed by atoms with Gasteiger partial charge in [-0.25, -0.2) is 4.79 Å². The Morgan fingerprint density at radius 1 is 0.974 bits per heavy atom. The van der Waals surface area contributed by atoms with Crippen LogP contribution in [0.1, 0.15) is 65.2 Å². The number of carbonyl (C=O) groups excluding carboxylic acids is 3. The molecule has 1 saturated heterocycles. The van der Waals surface area contributed by atoms with Gasteiger partial charge in [0.2, 0.25) is 0 Å². The van der Waals surface area contributed by atoms with Crippen molar-refractivity contribution in [2.24, 2.45) is 40.4 Å². The standard InChI is InChI=1S/C28H42O10/c1-27-9-8-14(29)10-13(27)4-5-15-16-6-7-17(28(16,2)11-18(30)20(15)27)19(31)12-37-26-23(34)21(32)22(33)24(38-26)25(35)36-3/h13-17,20-24,26,29,32-34H,4-12H2,1-3H3/t13-,14-,15+,16+,17-,20-,21-,22-,23+,24+,26+,27+,28+/m1/s1. The Morgan fingerprint density at radius 3 is 2.42 bits per heavy atom.